The lowest BCUT2D eigenvalue weighted by Gasteiger charge is -2.26. The summed E-state index contributed by atoms with van der Waals surface area (Å²) in [5.41, 5.74) is 4.75. The van der Waals surface area contributed by atoms with Gasteiger partial charge in [0.2, 0.25) is 0 Å². The Bertz CT molecular complexity index is 1020. The van der Waals surface area contributed by atoms with Crippen molar-refractivity contribution in [3.63, 3.8) is 0 Å². The van der Waals surface area contributed by atoms with Gasteiger partial charge in [0.25, 0.3) is 0 Å². The summed E-state index contributed by atoms with van der Waals surface area (Å²) in [4.78, 5) is 6.51. The third kappa shape index (κ3) is 5.52. The van der Waals surface area contributed by atoms with Crippen molar-refractivity contribution in [2.24, 2.45) is 12.0 Å². The molecule has 0 saturated heterocycles. The predicted molar refractivity (Wildman–Crippen MR) is 125 cm³/mol. The second kappa shape index (κ2) is 10.4. The van der Waals surface area contributed by atoms with E-state index in [0.29, 0.717) is 24.6 Å². The van der Waals surface area contributed by atoms with Gasteiger partial charge in [-0.25, -0.2) is 0 Å². The molecule has 2 aromatic rings. The summed E-state index contributed by atoms with van der Waals surface area (Å²) in [6.07, 6.45) is 13.4. The van der Waals surface area contributed by atoms with Crippen LogP contribution in [0.5, 0.6) is 11.5 Å². The minimum absolute atomic E-state index is 0.0217. The maximum absolute atomic E-state index is 9.74. The van der Waals surface area contributed by atoms with E-state index < -0.39 is 0 Å². The Kier molecular flexibility index (Phi) is 7.45. The fourth-order valence-electron chi connectivity index (χ4n) is 3.33. The lowest BCUT2D eigenvalue weighted by Crippen LogP contribution is -2.25. The molecule has 1 N–H and O–H groups in total. The minimum atomic E-state index is -0.0217. The number of nitrogens with zero attached hydrogens (tertiary/aromatic N) is 4. The van der Waals surface area contributed by atoms with Crippen molar-refractivity contribution in [1.82, 2.24) is 9.78 Å². The highest BCUT2D eigenvalue weighted by molar-refractivity contribution is 6.11. The molecule has 0 bridgehead atoms. The van der Waals surface area contributed by atoms with Gasteiger partial charge >= 0.3 is 0 Å². The minimum Gasteiger partial charge on any atom is -0.497 e. The number of hydrogen-bond donors (Lipinski definition) is 1. The first-order chi connectivity index (χ1) is 15.1. The van der Waals surface area contributed by atoms with E-state index in [1.165, 1.54) is 0 Å². The van der Waals surface area contributed by atoms with Gasteiger partial charge in [-0.1, -0.05) is 12.7 Å². The number of aliphatic hydroxyl groups is 1. The molecule has 0 aliphatic carbocycles. The lowest BCUT2D eigenvalue weighted by molar-refractivity contribution is 0.304. The Morgan fingerprint density at radius 3 is 2.58 bits per heavy atom. The molecule has 1 aliphatic heterocycles. The number of dihydropyridines is 1. The van der Waals surface area contributed by atoms with Crippen LogP contribution in [0.15, 0.2) is 77.7 Å². The van der Waals surface area contributed by atoms with Crippen molar-refractivity contribution in [3.05, 3.63) is 78.3 Å². The first kappa shape index (κ1) is 22.1. The third-order valence-corrected chi connectivity index (χ3v) is 4.79. The Morgan fingerprint density at radius 2 is 2.00 bits per heavy atom. The molecule has 31 heavy (non-hydrogen) atoms. The quantitative estimate of drug-likeness (QED) is 0.630. The van der Waals surface area contributed by atoms with Gasteiger partial charge in [0.15, 0.2) is 0 Å². The molecule has 1 aliphatic rings. The van der Waals surface area contributed by atoms with E-state index in [0.717, 1.165) is 28.1 Å². The number of hydrogen-bond acceptors (Lipinski definition) is 6. The highest BCUT2D eigenvalue weighted by Gasteiger charge is 2.15. The van der Waals surface area contributed by atoms with Crippen LogP contribution in [-0.4, -0.2) is 55.0 Å². The Hall–Kier alpha value is -3.58. The zero-order valence-corrected chi connectivity index (χ0v) is 18.2. The predicted octanol–water partition coefficient (Wildman–Crippen LogP) is 3.40. The molecular weight excluding hydrogens is 392 g/mol. The molecular formula is C24H28N4O3. The summed E-state index contributed by atoms with van der Waals surface area (Å²) in [6.45, 7) is 4.79. The van der Waals surface area contributed by atoms with Crippen molar-refractivity contribution in [2.45, 2.75) is 0 Å². The molecule has 1 aromatic carbocycles. The van der Waals surface area contributed by atoms with E-state index >= 15 is 0 Å². The van der Waals surface area contributed by atoms with Gasteiger partial charge in [-0.05, 0) is 23.8 Å². The maximum atomic E-state index is 9.74. The molecule has 7 nitrogen and oxygen atoms in total. The van der Waals surface area contributed by atoms with Gasteiger partial charge in [0.1, 0.15) is 11.5 Å². The number of aliphatic imine (C=N–C) groups is 1. The van der Waals surface area contributed by atoms with Crippen molar-refractivity contribution in [3.8, 4) is 11.5 Å². The molecule has 1 aromatic heterocycles. The molecule has 0 atom stereocenters. The van der Waals surface area contributed by atoms with Crippen LogP contribution in [0.1, 0.15) is 5.56 Å². The molecule has 2 heterocycles. The Balaban J connectivity index is 2.01. The Labute approximate surface area is 182 Å². The number of allylic oxidation sites excluding steroid dienone is 4. The van der Waals surface area contributed by atoms with Crippen LogP contribution in [0.4, 0.5) is 5.69 Å². The number of ether oxygens (including phenoxy) is 2. The Morgan fingerprint density at radius 1 is 1.26 bits per heavy atom. The number of aromatic nitrogens is 2. The summed E-state index contributed by atoms with van der Waals surface area (Å²) in [5.74, 6) is 1.34. The van der Waals surface area contributed by atoms with Gasteiger partial charge in [-0.2, -0.15) is 5.10 Å². The van der Waals surface area contributed by atoms with E-state index in [4.69, 9.17) is 9.47 Å². The lowest BCUT2D eigenvalue weighted by atomic mass is 10.0. The first-order valence-corrected chi connectivity index (χ1v) is 9.93. The number of aryl methyl sites for hydroxylation is 1. The average Bonchev–Trinajstić information content (AvgIpc) is 3.23. The zero-order chi connectivity index (χ0) is 22.2. The molecule has 0 spiro atoms. The fourth-order valence-corrected chi connectivity index (χ4v) is 3.33. The van der Waals surface area contributed by atoms with E-state index in [1.807, 2.05) is 54.8 Å². The van der Waals surface area contributed by atoms with Crippen LogP contribution >= 0.6 is 0 Å². The van der Waals surface area contributed by atoms with Crippen LogP contribution in [0.3, 0.4) is 0 Å². The number of anilines is 1. The van der Waals surface area contributed by atoms with Gasteiger partial charge in [0, 0.05) is 66.7 Å². The smallest absolute Gasteiger partial charge is 0.124 e. The number of benzene rings is 1. The van der Waals surface area contributed by atoms with Gasteiger partial charge < -0.3 is 19.5 Å². The monoisotopic (exact) mass is 420 g/mol. The molecule has 3 rings (SSSR count). The van der Waals surface area contributed by atoms with Crippen molar-refractivity contribution in [1.29, 1.82) is 0 Å². The van der Waals surface area contributed by atoms with E-state index in [1.54, 1.807) is 25.0 Å². The highest BCUT2D eigenvalue weighted by atomic mass is 16.5. The van der Waals surface area contributed by atoms with Crippen LogP contribution in [0, 0.1) is 0 Å². The fraction of sp³-hybridized carbons (Fsp3) is 0.250. The summed E-state index contributed by atoms with van der Waals surface area (Å²) < 4.78 is 12.6. The van der Waals surface area contributed by atoms with Crippen LogP contribution in [0.2, 0.25) is 0 Å². The van der Waals surface area contributed by atoms with E-state index in [9.17, 15) is 5.11 Å². The summed E-state index contributed by atoms with van der Waals surface area (Å²) in [5, 5.41) is 14.0. The van der Waals surface area contributed by atoms with E-state index in [2.05, 4.69) is 28.8 Å². The number of methoxy groups -OCH3 is 2. The third-order valence-electron chi connectivity index (χ3n) is 4.79. The van der Waals surface area contributed by atoms with Crippen molar-refractivity contribution < 1.29 is 14.6 Å². The summed E-state index contributed by atoms with van der Waals surface area (Å²) in [7, 11) is 5.12. The van der Waals surface area contributed by atoms with Crippen LogP contribution in [0.25, 0.3) is 5.57 Å². The molecule has 0 unspecified atom stereocenters. The van der Waals surface area contributed by atoms with Gasteiger partial charge in [-0.15, -0.1) is 0 Å². The molecule has 7 heteroatoms. The molecule has 0 fully saturated rings. The topological polar surface area (TPSA) is 72.1 Å². The first-order valence-electron chi connectivity index (χ1n) is 9.93. The largest absolute Gasteiger partial charge is 0.497 e. The summed E-state index contributed by atoms with van der Waals surface area (Å²) in [6, 6.07) is 5.63. The molecule has 162 valence electrons. The second-order valence-corrected chi connectivity index (χ2v) is 6.96. The van der Waals surface area contributed by atoms with Gasteiger partial charge in [-0.3, -0.25) is 9.67 Å². The normalized spacial score (nSPS) is 15.0. The average molecular weight is 421 g/mol. The molecule has 0 amide bonds. The number of rotatable bonds is 9. The standard InChI is InChI=1S/C24H28N4O3/c1-5-6-21(10-18-9-19(15-25-14-18)20-16-26-27(2)17-20)28(7-8-29)22-11-23(30-3)13-24(12-22)31-4/h5-6,9-13,15-17,29H,1,7-8,14H2,2-4H3/b18-10-,21-6+. The molecule has 0 radical (unpaired) electrons. The van der Waals surface area contributed by atoms with E-state index in [-0.39, 0.29) is 6.61 Å². The summed E-state index contributed by atoms with van der Waals surface area (Å²) >= 11 is 0. The van der Waals surface area contributed by atoms with Crippen molar-refractivity contribution in [2.75, 3.05) is 38.8 Å². The van der Waals surface area contributed by atoms with Crippen LogP contribution < -0.4 is 14.4 Å². The second-order valence-electron chi connectivity index (χ2n) is 6.96. The van der Waals surface area contributed by atoms with Gasteiger partial charge in [0.05, 0.1) is 33.6 Å². The SMILES string of the molecule is C=C/C=C(\C=C1\C=C(c2cnn(C)c2)C=NC1)N(CCO)c1cc(OC)cc(OC)c1. The zero-order valence-electron chi connectivity index (χ0n) is 18.2. The molecule has 0 saturated carbocycles. The van der Waals surface area contributed by atoms with Crippen LogP contribution in [-0.2, 0) is 7.05 Å². The highest BCUT2D eigenvalue weighted by Crippen LogP contribution is 2.31. The maximum Gasteiger partial charge on any atom is 0.124 e. The van der Waals surface area contributed by atoms with Crippen molar-refractivity contribution >= 4 is 17.5 Å². The number of aliphatic hydroxyl groups excluding tert-OH is 1.